The summed E-state index contributed by atoms with van der Waals surface area (Å²) in [7, 11) is 0. The van der Waals surface area contributed by atoms with E-state index in [1.807, 2.05) is 24.1 Å². The second-order valence-electron chi connectivity index (χ2n) is 8.13. The largest absolute Gasteiger partial charge is 0.381 e. The van der Waals surface area contributed by atoms with Crippen LogP contribution in [0.4, 0.5) is 18.9 Å². The fourth-order valence-corrected chi connectivity index (χ4v) is 3.98. The molecule has 0 amide bonds. The zero-order valence-corrected chi connectivity index (χ0v) is 17.7. The number of aryl methyl sites for hydroxylation is 2. The molecule has 0 atom stereocenters. The second kappa shape index (κ2) is 9.09. The molecule has 3 heterocycles. The lowest BCUT2D eigenvalue weighted by Gasteiger charge is -2.32. The van der Waals surface area contributed by atoms with E-state index in [1.165, 1.54) is 6.07 Å². The molecule has 5 nitrogen and oxygen atoms in total. The minimum Gasteiger partial charge on any atom is -0.381 e. The Hall–Kier alpha value is -2.87. The summed E-state index contributed by atoms with van der Waals surface area (Å²) in [5, 5.41) is 7.93. The fourth-order valence-electron chi connectivity index (χ4n) is 3.98. The molecule has 0 aliphatic carbocycles. The van der Waals surface area contributed by atoms with Crippen LogP contribution in [-0.4, -0.2) is 51.8 Å². The summed E-state index contributed by atoms with van der Waals surface area (Å²) in [6, 6.07) is 5.56. The van der Waals surface area contributed by atoms with Gasteiger partial charge in [0.1, 0.15) is 5.82 Å². The van der Waals surface area contributed by atoms with E-state index in [2.05, 4.69) is 15.4 Å². The van der Waals surface area contributed by atoms with Crippen molar-refractivity contribution < 1.29 is 13.2 Å². The fraction of sp³-hybridized carbons (Fsp3) is 0.391. The SMILES string of the molecule is Cc1cc(-n2cc(-c3cncc(NC4CCN(CC(F)F)CC4)c3)cn2)c(C)cc1F. The number of hydrogen-bond donors (Lipinski definition) is 1. The van der Waals surface area contributed by atoms with Gasteiger partial charge in [-0.3, -0.25) is 9.88 Å². The van der Waals surface area contributed by atoms with Crippen LogP contribution >= 0.6 is 0 Å². The third-order valence-corrected chi connectivity index (χ3v) is 5.73. The molecule has 4 rings (SSSR count). The van der Waals surface area contributed by atoms with Crippen LogP contribution in [-0.2, 0) is 0 Å². The molecule has 2 aromatic heterocycles. The molecule has 1 aliphatic rings. The predicted octanol–water partition coefficient (Wildman–Crippen LogP) is 4.83. The van der Waals surface area contributed by atoms with Crippen molar-refractivity contribution in [2.75, 3.05) is 25.0 Å². The topological polar surface area (TPSA) is 46.0 Å². The molecule has 0 radical (unpaired) electrons. The van der Waals surface area contributed by atoms with E-state index >= 15 is 0 Å². The first-order valence-electron chi connectivity index (χ1n) is 10.4. The third kappa shape index (κ3) is 5.07. The minimum atomic E-state index is -2.28. The molecule has 1 aromatic carbocycles. The number of likely N-dealkylation sites (tertiary alicyclic amines) is 1. The van der Waals surface area contributed by atoms with E-state index in [9.17, 15) is 13.2 Å². The van der Waals surface area contributed by atoms with Crippen LogP contribution in [0.25, 0.3) is 16.8 Å². The van der Waals surface area contributed by atoms with Crippen LogP contribution in [0.5, 0.6) is 0 Å². The molecule has 0 saturated carbocycles. The Bertz CT molecular complexity index is 1040. The second-order valence-corrected chi connectivity index (χ2v) is 8.13. The van der Waals surface area contributed by atoms with E-state index in [-0.39, 0.29) is 18.4 Å². The Labute approximate surface area is 179 Å². The summed E-state index contributed by atoms with van der Waals surface area (Å²) in [6.07, 6.45) is 6.57. The van der Waals surface area contributed by atoms with Crippen LogP contribution < -0.4 is 5.32 Å². The lowest BCUT2D eigenvalue weighted by molar-refractivity contribution is 0.0769. The Morgan fingerprint density at radius 2 is 1.81 bits per heavy atom. The summed E-state index contributed by atoms with van der Waals surface area (Å²) in [5.74, 6) is -0.225. The molecular formula is C23H26F3N5. The molecule has 1 N–H and O–H groups in total. The molecule has 164 valence electrons. The smallest absolute Gasteiger partial charge is 0.251 e. The van der Waals surface area contributed by atoms with Gasteiger partial charge in [0.2, 0.25) is 0 Å². The average Bonchev–Trinajstić information content (AvgIpc) is 3.22. The maximum absolute atomic E-state index is 13.8. The highest BCUT2D eigenvalue weighted by atomic mass is 19.3. The Morgan fingerprint density at radius 1 is 1.03 bits per heavy atom. The summed E-state index contributed by atoms with van der Waals surface area (Å²) in [4.78, 5) is 6.16. The predicted molar refractivity (Wildman–Crippen MR) is 115 cm³/mol. The van der Waals surface area contributed by atoms with Gasteiger partial charge in [0.05, 0.1) is 24.1 Å². The first-order valence-corrected chi connectivity index (χ1v) is 10.4. The number of aromatic nitrogens is 3. The summed E-state index contributed by atoms with van der Waals surface area (Å²) in [5.41, 5.74) is 4.94. The molecule has 1 aliphatic heterocycles. The number of hydrogen-bond acceptors (Lipinski definition) is 4. The third-order valence-electron chi connectivity index (χ3n) is 5.73. The zero-order valence-electron chi connectivity index (χ0n) is 17.7. The summed E-state index contributed by atoms with van der Waals surface area (Å²) in [6.45, 7) is 4.77. The molecule has 0 bridgehead atoms. The van der Waals surface area contributed by atoms with Crippen molar-refractivity contribution in [2.45, 2.75) is 39.2 Å². The number of rotatable bonds is 6. The first kappa shape index (κ1) is 21.4. The minimum absolute atomic E-state index is 0.152. The van der Waals surface area contributed by atoms with Gasteiger partial charge in [-0.1, -0.05) is 0 Å². The number of pyridine rings is 1. The van der Waals surface area contributed by atoms with Gasteiger partial charge in [-0.05, 0) is 56.0 Å². The average molecular weight is 429 g/mol. The van der Waals surface area contributed by atoms with Crippen molar-refractivity contribution in [1.82, 2.24) is 19.7 Å². The van der Waals surface area contributed by atoms with Crippen LogP contribution in [0.3, 0.4) is 0 Å². The highest BCUT2D eigenvalue weighted by molar-refractivity contribution is 5.66. The highest BCUT2D eigenvalue weighted by Crippen LogP contribution is 2.25. The van der Waals surface area contributed by atoms with Gasteiger partial charge in [-0.15, -0.1) is 0 Å². The van der Waals surface area contributed by atoms with Gasteiger partial charge in [-0.2, -0.15) is 5.10 Å². The Balaban J connectivity index is 1.45. The van der Waals surface area contributed by atoms with Gasteiger partial charge in [0.25, 0.3) is 6.43 Å². The van der Waals surface area contributed by atoms with Crippen molar-refractivity contribution in [3.63, 3.8) is 0 Å². The quantitative estimate of drug-likeness (QED) is 0.610. The van der Waals surface area contributed by atoms with Crippen LogP contribution in [0, 0.1) is 19.7 Å². The number of benzene rings is 1. The molecular weight excluding hydrogens is 403 g/mol. The first-order chi connectivity index (χ1) is 14.9. The van der Waals surface area contributed by atoms with Gasteiger partial charge in [0.15, 0.2) is 0 Å². The van der Waals surface area contributed by atoms with Crippen molar-refractivity contribution in [3.05, 3.63) is 59.9 Å². The summed E-state index contributed by atoms with van der Waals surface area (Å²) < 4.78 is 40.6. The molecule has 31 heavy (non-hydrogen) atoms. The van der Waals surface area contributed by atoms with Gasteiger partial charge < -0.3 is 5.32 Å². The van der Waals surface area contributed by atoms with Gasteiger partial charge in [-0.25, -0.2) is 17.9 Å². The number of halogens is 3. The Kier molecular flexibility index (Phi) is 6.27. The van der Waals surface area contributed by atoms with Gasteiger partial charge >= 0.3 is 0 Å². The van der Waals surface area contributed by atoms with Crippen molar-refractivity contribution >= 4 is 5.69 Å². The standard InChI is InChI=1S/C23H26F3N5/c1-15-8-22(16(2)7-21(15)24)31-13-18(11-28-31)17-9-20(12-27-10-17)29-19-3-5-30(6-4-19)14-23(25)26/h7-13,19,23,29H,3-6,14H2,1-2H3. The van der Waals surface area contributed by atoms with Crippen molar-refractivity contribution in [2.24, 2.45) is 0 Å². The van der Waals surface area contributed by atoms with E-state index in [0.717, 1.165) is 40.9 Å². The normalized spacial score (nSPS) is 15.5. The molecule has 8 heteroatoms. The van der Waals surface area contributed by atoms with Crippen LogP contribution in [0.15, 0.2) is 43.0 Å². The van der Waals surface area contributed by atoms with E-state index in [4.69, 9.17) is 0 Å². The maximum atomic E-state index is 13.8. The molecule has 1 saturated heterocycles. The van der Waals surface area contributed by atoms with Gasteiger partial charge in [0, 0.05) is 48.8 Å². The zero-order chi connectivity index (χ0) is 22.0. The van der Waals surface area contributed by atoms with Crippen LogP contribution in [0.2, 0.25) is 0 Å². The summed E-state index contributed by atoms with van der Waals surface area (Å²) >= 11 is 0. The lowest BCUT2D eigenvalue weighted by Crippen LogP contribution is -2.41. The monoisotopic (exact) mass is 429 g/mol. The molecule has 0 spiro atoms. The molecule has 3 aromatic rings. The Morgan fingerprint density at radius 3 is 2.55 bits per heavy atom. The van der Waals surface area contributed by atoms with E-state index < -0.39 is 6.43 Å². The number of nitrogens with one attached hydrogen (secondary N) is 1. The van der Waals surface area contributed by atoms with Crippen molar-refractivity contribution in [3.8, 4) is 16.8 Å². The highest BCUT2D eigenvalue weighted by Gasteiger charge is 2.21. The molecule has 1 fully saturated rings. The van der Waals surface area contributed by atoms with Crippen molar-refractivity contribution in [1.29, 1.82) is 0 Å². The van der Waals surface area contributed by atoms with Crippen LogP contribution in [0.1, 0.15) is 24.0 Å². The van der Waals surface area contributed by atoms with E-state index in [1.54, 1.807) is 36.3 Å². The number of piperidine rings is 1. The molecule has 0 unspecified atom stereocenters. The number of anilines is 1. The van der Waals surface area contributed by atoms with E-state index in [0.29, 0.717) is 18.7 Å². The maximum Gasteiger partial charge on any atom is 0.251 e. The number of alkyl halides is 2. The number of nitrogens with zero attached hydrogens (tertiary/aromatic N) is 4. The lowest BCUT2D eigenvalue weighted by atomic mass is 10.0.